The second kappa shape index (κ2) is 8.06. The lowest BCUT2D eigenvalue weighted by atomic mass is 10.1. The van der Waals surface area contributed by atoms with Crippen LogP contribution in [0, 0.1) is 0 Å². The zero-order chi connectivity index (χ0) is 22.4. The Balaban J connectivity index is 1.53. The van der Waals surface area contributed by atoms with Crippen molar-refractivity contribution in [2.75, 3.05) is 48.3 Å². The van der Waals surface area contributed by atoms with Gasteiger partial charge in [0.1, 0.15) is 18.3 Å². The molecule has 12 heteroatoms. The number of benzene rings is 1. The number of ether oxygens (including phenoxy) is 1. The quantitative estimate of drug-likeness (QED) is 0.325. The number of fused-ring (bicyclic) bond motifs is 1. The van der Waals surface area contributed by atoms with Crippen molar-refractivity contribution in [3.63, 3.8) is 0 Å². The van der Waals surface area contributed by atoms with Crippen LogP contribution in [-0.4, -0.2) is 85.9 Å². The van der Waals surface area contributed by atoms with Gasteiger partial charge >= 0.3 is 0 Å². The van der Waals surface area contributed by atoms with E-state index in [1.165, 1.54) is 4.57 Å². The van der Waals surface area contributed by atoms with E-state index < -0.39 is 36.7 Å². The fourth-order valence-electron chi connectivity index (χ4n) is 4.34. The van der Waals surface area contributed by atoms with Gasteiger partial charge in [0.25, 0.3) is 5.56 Å². The summed E-state index contributed by atoms with van der Waals surface area (Å²) in [5, 5.41) is 30.4. The summed E-state index contributed by atoms with van der Waals surface area (Å²) in [6.07, 6.45) is -4.72. The van der Waals surface area contributed by atoms with Crippen LogP contribution in [0.3, 0.4) is 0 Å². The van der Waals surface area contributed by atoms with Crippen LogP contribution in [0.1, 0.15) is 6.23 Å². The lowest BCUT2D eigenvalue weighted by Crippen LogP contribution is -2.47. The molecule has 0 bridgehead atoms. The van der Waals surface area contributed by atoms with Gasteiger partial charge in [0, 0.05) is 31.9 Å². The number of aliphatic hydroxyl groups is 3. The number of imidazole rings is 1. The smallest absolute Gasteiger partial charge is 0.280 e. The minimum Gasteiger partial charge on any atom is -0.394 e. The first kappa shape index (κ1) is 20.7. The highest BCUT2D eigenvalue weighted by Gasteiger charge is 2.45. The first-order chi connectivity index (χ1) is 15.5. The monoisotopic (exact) mass is 443 g/mol. The number of nitrogens with zero attached hydrogens (tertiary/aromatic N) is 5. The molecule has 0 amide bonds. The van der Waals surface area contributed by atoms with Gasteiger partial charge in [-0.2, -0.15) is 4.98 Å². The molecule has 0 unspecified atom stereocenters. The minimum absolute atomic E-state index is 0.0532. The molecule has 32 heavy (non-hydrogen) atoms. The van der Waals surface area contributed by atoms with Gasteiger partial charge in [-0.15, -0.1) is 0 Å². The predicted octanol–water partition coefficient (Wildman–Crippen LogP) is -1.36. The van der Waals surface area contributed by atoms with Gasteiger partial charge in [0.2, 0.25) is 11.9 Å². The summed E-state index contributed by atoms with van der Waals surface area (Å²) in [4.78, 5) is 27.9. The molecule has 1 aromatic carbocycles. The molecule has 4 atom stereocenters. The Morgan fingerprint density at radius 1 is 1.06 bits per heavy atom. The van der Waals surface area contributed by atoms with E-state index in [9.17, 15) is 20.1 Å². The van der Waals surface area contributed by atoms with Crippen LogP contribution in [0.4, 0.5) is 17.6 Å². The first-order valence-corrected chi connectivity index (χ1v) is 10.4. The summed E-state index contributed by atoms with van der Waals surface area (Å²) in [5.41, 5.74) is 6.56. The van der Waals surface area contributed by atoms with E-state index in [1.54, 1.807) is 0 Å². The Labute approximate surface area is 182 Å². The second-order valence-electron chi connectivity index (χ2n) is 7.94. The summed E-state index contributed by atoms with van der Waals surface area (Å²) < 4.78 is 7.22. The van der Waals surface area contributed by atoms with Crippen molar-refractivity contribution in [3.05, 3.63) is 40.7 Å². The third-order valence-electron chi connectivity index (χ3n) is 6.01. The largest absolute Gasteiger partial charge is 0.394 e. The predicted molar refractivity (Wildman–Crippen MR) is 116 cm³/mol. The number of aromatic amines is 1. The van der Waals surface area contributed by atoms with Crippen LogP contribution < -0.4 is 21.1 Å². The van der Waals surface area contributed by atoms with E-state index in [4.69, 9.17) is 10.5 Å². The second-order valence-corrected chi connectivity index (χ2v) is 7.94. The van der Waals surface area contributed by atoms with Crippen molar-refractivity contribution < 1.29 is 20.1 Å². The molecule has 170 valence electrons. The maximum atomic E-state index is 12.5. The number of hydrogen-bond acceptors (Lipinski definition) is 10. The first-order valence-electron chi connectivity index (χ1n) is 10.4. The topological polar surface area (TPSA) is 166 Å². The van der Waals surface area contributed by atoms with Gasteiger partial charge in [-0.25, -0.2) is 4.98 Å². The maximum absolute atomic E-state index is 12.5. The van der Waals surface area contributed by atoms with Gasteiger partial charge in [-0.3, -0.25) is 14.3 Å². The summed E-state index contributed by atoms with van der Waals surface area (Å²) >= 11 is 0. The number of para-hydroxylation sites is 1. The highest BCUT2D eigenvalue weighted by atomic mass is 16.6. The Hall–Kier alpha value is -3.19. The third-order valence-corrected chi connectivity index (χ3v) is 6.01. The summed E-state index contributed by atoms with van der Waals surface area (Å²) in [5.74, 6) is 0.280. The molecule has 12 nitrogen and oxygen atoms in total. The molecule has 5 rings (SSSR count). The fraction of sp³-hybridized carbons (Fsp3) is 0.450. The number of hydrogen-bond donors (Lipinski definition) is 5. The highest BCUT2D eigenvalue weighted by molar-refractivity contribution is 5.75. The maximum Gasteiger partial charge on any atom is 0.280 e. The zero-order valence-electron chi connectivity index (χ0n) is 17.2. The number of nitrogens with one attached hydrogen (secondary N) is 1. The van der Waals surface area contributed by atoms with Crippen molar-refractivity contribution in [1.82, 2.24) is 19.5 Å². The number of anilines is 3. The van der Waals surface area contributed by atoms with Gasteiger partial charge in [-0.1, -0.05) is 18.2 Å². The zero-order valence-corrected chi connectivity index (χ0v) is 17.2. The van der Waals surface area contributed by atoms with E-state index in [2.05, 4.69) is 32.0 Å². The number of nitrogens with two attached hydrogens (primary N) is 1. The van der Waals surface area contributed by atoms with Gasteiger partial charge in [-0.05, 0) is 12.1 Å². The Kier molecular flexibility index (Phi) is 5.21. The molecule has 0 spiro atoms. The Morgan fingerprint density at radius 2 is 1.75 bits per heavy atom. The van der Waals surface area contributed by atoms with E-state index >= 15 is 0 Å². The molecule has 0 saturated carbocycles. The average Bonchev–Trinajstić information content (AvgIpc) is 3.32. The molecule has 2 aliphatic rings. The molecule has 2 fully saturated rings. The number of piperazine rings is 1. The summed E-state index contributed by atoms with van der Waals surface area (Å²) in [6.45, 7) is 2.16. The SMILES string of the molecule is Nc1nc2c(nc(N3CCN(c4ccccc4)CC3)n2[C@H]2O[C@@H](CO)[C@H](O)[C@@H]2O)c(=O)[nH]1. The van der Waals surface area contributed by atoms with Crippen LogP contribution in [0.2, 0.25) is 0 Å². The average molecular weight is 443 g/mol. The molecule has 2 saturated heterocycles. The van der Waals surface area contributed by atoms with Crippen molar-refractivity contribution in [2.24, 2.45) is 0 Å². The Bertz CT molecular complexity index is 1160. The summed E-state index contributed by atoms with van der Waals surface area (Å²) in [6, 6.07) is 10.1. The molecular weight excluding hydrogens is 418 g/mol. The molecule has 4 heterocycles. The highest BCUT2D eigenvalue weighted by Crippen LogP contribution is 2.35. The molecule has 2 aromatic heterocycles. The third kappa shape index (κ3) is 3.37. The number of rotatable bonds is 4. The van der Waals surface area contributed by atoms with Gasteiger partial charge < -0.3 is 35.6 Å². The fourth-order valence-corrected chi connectivity index (χ4v) is 4.34. The summed E-state index contributed by atoms with van der Waals surface area (Å²) in [7, 11) is 0. The standard InChI is InChI=1S/C20H25N7O5/c21-19-23-16-13(17(31)24-19)22-20(27(16)18-15(30)14(29)12(10-28)32-18)26-8-6-25(7-9-26)11-4-2-1-3-5-11/h1-5,12,14-15,18,28-30H,6-10H2,(H3,21,23,24,31)/t12-,14-,15-,18-/m0/s1. The number of aliphatic hydroxyl groups excluding tert-OH is 3. The van der Waals surface area contributed by atoms with E-state index in [-0.39, 0.29) is 17.1 Å². The lowest BCUT2D eigenvalue weighted by molar-refractivity contribution is -0.0504. The van der Waals surface area contributed by atoms with E-state index in [0.717, 1.165) is 18.8 Å². The lowest BCUT2D eigenvalue weighted by Gasteiger charge is -2.37. The van der Waals surface area contributed by atoms with Gasteiger partial charge in [0.15, 0.2) is 17.4 Å². The minimum atomic E-state index is -1.35. The molecule has 3 aromatic rings. The number of nitrogen functional groups attached to an aromatic ring is 1. The van der Waals surface area contributed by atoms with E-state index in [1.807, 2.05) is 23.1 Å². The van der Waals surface area contributed by atoms with Crippen LogP contribution in [0.15, 0.2) is 35.1 Å². The molecule has 6 N–H and O–H groups in total. The molecule has 0 aliphatic carbocycles. The van der Waals surface area contributed by atoms with Crippen molar-refractivity contribution in [1.29, 1.82) is 0 Å². The molecule has 2 aliphatic heterocycles. The van der Waals surface area contributed by atoms with Crippen molar-refractivity contribution in [3.8, 4) is 0 Å². The normalized spacial score (nSPS) is 26.2. The van der Waals surface area contributed by atoms with Crippen molar-refractivity contribution >= 4 is 28.7 Å². The molecule has 0 radical (unpaired) electrons. The van der Waals surface area contributed by atoms with Crippen LogP contribution >= 0.6 is 0 Å². The number of aromatic nitrogens is 4. The van der Waals surface area contributed by atoms with Crippen LogP contribution in [-0.2, 0) is 4.74 Å². The van der Waals surface area contributed by atoms with Crippen LogP contribution in [0.25, 0.3) is 11.2 Å². The van der Waals surface area contributed by atoms with Gasteiger partial charge in [0.05, 0.1) is 6.61 Å². The molecular formula is C20H25N7O5. The number of H-pyrrole nitrogens is 1. The Morgan fingerprint density at radius 3 is 2.41 bits per heavy atom. The van der Waals surface area contributed by atoms with E-state index in [0.29, 0.717) is 19.0 Å². The van der Waals surface area contributed by atoms with Crippen LogP contribution in [0.5, 0.6) is 0 Å². The van der Waals surface area contributed by atoms with Crippen molar-refractivity contribution in [2.45, 2.75) is 24.5 Å².